The normalized spacial score (nSPS) is 10.9. The zero-order valence-electron chi connectivity index (χ0n) is 9.81. The van der Waals surface area contributed by atoms with Crippen molar-refractivity contribution >= 4 is 16.9 Å². The van der Waals surface area contributed by atoms with Crippen LogP contribution in [0.3, 0.4) is 0 Å². The summed E-state index contributed by atoms with van der Waals surface area (Å²) in [5, 5.41) is 10.3. The molecule has 4 heteroatoms. The fraction of sp³-hybridized carbons (Fsp3) is 0.308. The lowest BCUT2D eigenvalue weighted by atomic mass is 10.1. The molecule has 17 heavy (non-hydrogen) atoms. The first-order valence-corrected chi connectivity index (χ1v) is 5.67. The van der Waals surface area contributed by atoms with Gasteiger partial charge in [-0.05, 0) is 31.5 Å². The molecule has 1 heterocycles. The number of hydrogen-bond acceptors (Lipinski definition) is 2. The van der Waals surface area contributed by atoms with Gasteiger partial charge < -0.3 is 15.4 Å². The summed E-state index contributed by atoms with van der Waals surface area (Å²) in [5.74, 6) is -0.874. The van der Waals surface area contributed by atoms with Crippen molar-refractivity contribution in [2.75, 3.05) is 6.54 Å². The number of nitrogens with zero attached hydrogens (tertiary/aromatic N) is 1. The van der Waals surface area contributed by atoms with Gasteiger partial charge in [-0.1, -0.05) is 12.1 Å². The van der Waals surface area contributed by atoms with Crippen molar-refractivity contribution < 1.29 is 9.90 Å². The van der Waals surface area contributed by atoms with E-state index < -0.39 is 5.97 Å². The summed E-state index contributed by atoms with van der Waals surface area (Å²) < 4.78 is 1.97. The summed E-state index contributed by atoms with van der Waals surface area (Å²) >= 11 is 0. The van der Waals surface area contributed by atoms with Gasteiger partial charge >= 0.3 is 5.97 Å². The van der Waals surface area contributed by atoms with E-state index in [0.29, 0.717) is 12.1 Å². The molecule has 0 bridgehead atoms. The number of carboxylic acid groups (broad SMARTS) is 1. The van der Waals surface area contributed by atoms with E-state index in [0.717, 1.165) is 29.4 Å². The first-order chi connectivity index (χ1) is 8.15. The second-order valence-corrected chi connectivity index (χ2v) is 4.15. The molecule has 0 fully saturated rings. The quantitative estimate of drug-likeness (QED) is 0.847. The number of carboxylic acids is 1. The van der Waals surface area contributed by atoms with Crippen LogP contribution in [0, 0.1) is 6.92 Å². The molecular weight excluding hydrogens is 216 g/mol. The Balaban J connectivity index is 2.63. The second kappa shape index (κ2) is 4.59. The monoisotopic (exact) mass is 232 g/mol. The topological polar surface area (TPSA) is 68.2 Å². The summed E-state index contributed by atoms with van der Waals surface area (Å²) in [5.41, 5.74) is 7.47. The minimum Gasteiger partial charge on any atom is -0.478 e. The van der Waals surface area contributed by atoms with Crippen LogP contribution >= 0.6 is 0 Å². The van der Waals surface area contributed by atoms with E-state index in [1.165, 1.54) is 0 Å². The van der Waals surface area contributed by atoms with Gasteiger partial charge in [0, 0.05) is 18.1 Å². The van der Waals surface area contributed by atoms with E-state index in [2.05, 4.69) is 0 Å². The fourth-order valence-corrected chi connectivity index (χ4v) is 2.11. The second-order valence-electron chi connectivity index (χ2n) is 4.15. The molecule has 0 unspecified atom stereocenters. The number of rotatable bonds is 4. The van der Waals surface area contributed by atoms with Gasteiger partial charge in [0.2, 0.25) is 0 Å². The van der Waals surface area contributed by atoms with Crippen LogP contribution in [0.25, 0.3) is 10.9 Å². The molecule has 0 atom stereocenters. The number of fused-ring (bicyclic) bond motifs is 1. The molecule has 2 rings (SSSR count). The van der Waals surface area contributed by atoms with Crippen LogP contribution in [0.1, 0.15) is 22.3 Å². The Morgan fingerprint density at radius 1 is 1.41 bits per heavy atom. The molecule has 1 aromatic carbocycles. The molecule has 0 saturated carbocycles. The molecule has 3 N–H and O–H groups in total. The predicted molar refractivity (Wildman–Crippen MR) is 67.3 cm³/mol. The van der Waals surface area contributed by atoms with Crippen LogP contribution in [-0.4, -0.2) is 22.2 Å². The standard InChI is InChI=1S/C13H16N2O2/c1-9-3-4-10-5-8-15(7-2-6-14)12(10)11(9)13(16)17/h3-5,8H,2,6-7,14H2,1H3,(H,16,17). The number of aryl methyl sites for hydroxylation is 2. The maximum Gasteiger partial charge on any atom is 0.338 e. The van der Waals surface area contributed by atoms with Crippen molar-refractivity contribution in [3.05, 3.63) is 35.5 Å². The highest BCUT2D eigenvalue weighted by molar-refractivity contribution is 6.03. The molecule has 0 aliphatic heterocycles. The van der Waals surface area contributed by atoms with Crippen LogP contribution in [0.2, 0.25) is 0 Å². The number of aromatic nitrogens is 1. The predicted octanol–water partition coefficient (Wildman–Crippen LogP) is 2.00. The zero-order valence-corrected chi connectivity index (χ0v) is 9.81. The molecule has 90 valence electrons. The van der Waals surface area contributed by atoms with Crippen LogP contribution < -0.4 is 5.73 Å². The third-order valence-corrected chi connectivity index (χ3v) is 2.96. The molecule has 0 amide bonds. The number of hydrogen-bond donors (Lipinski definition) is 2. The molecule has 0 spiro atoms. The first kappa shape index (κ1) is 11.7. The summed E-state index contributed by atoms with van der Waals surface area (Å²) in [6.07, 6.45) is 2.77. The molecular formula is C13H16N2O2. The molecule has 4 nitrogen and oxygen atoms in total. The van der Waals surface area contributed by atoms with Crippen molar-refractivity contribution in [1.29, 1.82) is 0 Å². The number of carbonyl (C=O) groups is 1. The van der Waals surface area contributed by atoms with Crippen LogP contribution in [-0.2, 0) is 6.54 Å². The van der Waals surface area contributed by atoms with Crippen molar-refractivity contribution in [2.45, 2.75) is 19.9 Å². The Morgan fingerprint density at radius 3 is 2.82 bits per heavy atom. The Kier molecular flexibility index (Phi) is 3.15. The highest BCUT2D eigenvalue weighted by Gasteiger charge is 2.15. The Bertz CT molecular complexity index is 558. The highest BCUT2D eigenvalue weighted by Crippen LogP contribution is 2.23. The SMILES string of the molecule is Cc1ccc2ccn(CCCN)c2c1C(=O)O. The van der Waals surface area contributed by atoms with E-state index in [-0.39, 0.29) is 0 Å². The molecule has 2 aromatic rings. The zero-order chi connectivity index (χ0) is 12.4. The van der Waals surface area contributed by atoms with Gasteiger partial charge in [-0.25, -0.2) is 4.79 Å². The number of aromatic carboxylic acids is 1. The smallest absolute Gasteiger partial charge is 0.338 e. The Morgan fingerprint density at radius 2 is 2.18 bits per heavy atom. The maximum absolute atomic E-state index is 11.3. The fourth-order valence-electron chi connectivity index (χ4n) is 2.11. The van der Waals surface area contributed by atoms with Gasteiger partial charge in [0.05, 0.1) is 11.1 Å². The van der Waals surface area contributed by atoms with Crippen LogP contribution in [0.15, 0.2) is 24.4 Å². The molecule has 0 aliphatic rings. The van der Waals surface area contributed by atoms with Gasteiger partial charge in [-0.2, -0.15) is 0 Å². The van der Waals surface area contributed by atoms with E-state index in [4.69, 9.17) is 5.73 Å². The van der Waals surface area contributed by atoms with Gasteiger partial charge in [-0.15, -0.1) is 0 Å². The Labute approximate surface area is 99.7 Å². The van der Waals surface area contributed by atoms with E-state index in [9.17, 15) is 9.90 Å². The molecule has 0 saturated heterocycles. The van der Waals surface area contributed by atoms with Gasteiger partial charge in [0.25, 0.3) is 0 Å². The average molecular weight is 232 g/mol. The first-order valence-electron chi connectivity index (χ1n) is 5.67. The lowest BCUT2D eigenvalue weighted by Crippen LogP contribution is -2.08. The molecule has 0 aliphatic carbocycles. The highest BCUT2D eigenvalue weighted by atomic mass is 16.4. The minimum absolute atomic E-state index is 0.393. The molecule has 0 radical (unpaired) electrons. The summed E-state index contributed by atoms with van der Waals surface area (Å²) in [6.45, 7) is 3.18. The number of benzene rings is 1. The molecule has 1 aromatic heterocycles. The van der Waals surface area contributed by atoms with E-state index in [1.54, 1.807) is 0 Å². The lowest BCUT2D eigenvalue weighted by Gasteiger charge is -2.09. The number of nitrogens with two attached hydrogens (primary N) is 1. The summed E-state index contributed by atoms with van der Waals surface area (Å²) in [6, 6.07) is 5.74. The largest absolute Gasteiger partial charge is 0.478 e. The van der Waals surface area contributed by atoms with Crippen LogP contribution in [0.4, 0.5) is 0 Å². The van der Waals surface area contributed by atoms with Crippen LogP contribution in [0.5, 0.6) is 0 Å². The van der Waals surface area contributed by atoms with Gasteiger partial charge in [-0.3, -0.25) is 0 Å². The third-order valence-electron chi connectivity index (χ3n) is 2.96. The van der Waals surface area contributed by atoms with Crippen molar-refractivity contribution in [3.8, 4) is 0 Å². The van der Waals surface area contributed by atoms with Crippen molar-refractivity contribution in [1.82, 2.24) is 4.57 Å². The lowest BCUT2D eigenvalue weighted by molar-refractivity contribution is 0.0698. The van der Waals surface area contributed by atoms with E-state index >= 15 is 0 Å². The van der Waals surface area contributed by atoms with Crippen molar-refractivity contribution in [3.63, 3.8) is 0 Å². The Hall–Kier alpha value is -1.81. The third kappa shape index (κ3) is 2.03. The van der Waals surface area contributed by atoms with Crippen molar-refractivity contribution in [2.24, 2.45) is 5.73 Å². The average Bonchev–Trinajstić information content (AvgIpc) is 2.68. The van der Waals surface area contributed by atoms with E-state index in [1.807, 2.05) is 35.9 Å². The van der Waals surface area contributed by atoms with Gasteiger partial charge in [0.15, 0.2) is 0 Å². The minimum atomic E-state index is -0.874. The summed E-state index contributed by atoms with van der Waals surface area (Å²) in [7, 11) is 0. The summed E-state index contributed by atoms with van der Waals surface area (Å²) in [4.78, 5) is 11.3. The van der Waals surface area contributed by atoms with Gasteiger partial charge in [0.1, 0.15) is 0 Å². The maximum atomic E-state index is 11.3.